The molecular formula is C16H15Cl2NOS. The molecule has 0 unspecified atom stereocenters. The number of carbonyl (C=O) groups excluding carboxylic acids is 1. The fourth-order valence-electron chi connectivity index (χ4n) is 2.41. The first-order valence-corrected chi connectivity index (χ1v) is 8.54. The van der Waals surface area contributed by atoms with E-state index in [4.69, 9.17) is 23.2 Å². The lowest BCUT2D eigenvalue weighted by Gasteiger charge is -2.17. The molecule has 0 aliphatic heterocycles. The summed E-state index contributed by atoms with van der Waals surface area (Å²) < 4.78 is 0. The van der Waals surface area contributed by atoms with Crippen LogP contribution in [0.4, 0.5) is 0 Å². The Morgan fingerprint density at radius 2 is 1.95 bits per heavy atom. The lowest BCUT2D eigenvalue weighted by atomic mass is 10.1. The van der Waals surface area contributed by atoms with Crippen LogP contribution in [-0.2, 0) is 11.2 Å². The topological polar surface area (TPSA) is 29.1 Å². The summed E-state index contributed by atoms with van der Waals surface area (Å²) >= 11 is 13.9. The lowest BCUT2D eigenvalue weighted by molar-refractivity contribution is -0.121. The highest BCUT2D eigenvalue weighted by molar-refractivity contribution is 7.10. The van der Waals surface area contributed by atoms with Crippen LogP contribution in [0.3, 0.4) is 0 Å². The van der Waals surface area contributed by atoms with Gasteiger partial charge in [0.2, 0.25) is 5.91 Å². The maximum atomic E-state index is 12.3. The van der Waals surface area contributed by atoms with Gasteiger partial charge in [-0.1, -0.05) is 35.3 Å². The van der Waals surface area contributed by atoms with Crippen molar-refractivity contribution in [2.45, 2.75) is 25.3 Å². The third-order valence-corrected chi connectivity index (χ3v) is 5.32. The fraction of sp³-hybridized carbons (Fsp3) is 0.312. The van der Waals surface area contributed by atoms with Crippen LogP contribution >= 0.6 is 34.5 Å². The molecule has 1 aromatic carbocycles. The van der Waals surface area contributed by atoms with Crippen molar-refractivity contribution >= 4 is 40.4 Å². The van der Waals surface area contributed by atoms with E-state index < -0.39 is 0 Å². The smallest absolute Gasteiger partial charge is 0.225 e. The van der Waals surface area contributed by atoms with Crippen molar-refractivity contribution in [3.63, 3.8) is 0 Å². The molecule has 1 aromatic heterocycles. The van der Waals surface area contributed by atoms with Crippen LogP contribution in [0.2, 0.25) is 10.0 Å². The SMILES string of the molecule is O=C(Cc1c(Cl)cccc1Cl)N[C@H](c1cccs1)C1CC1. The van der Waals surface area contributed by atoms with Crippen LogP contribution in [0, 0.1) is 5.92 Å². The number of halogens is 2. The Morgan fingerprint density at radius 1 is 1.24 bits per heavy atom. The summed E-state index contributed by atoms with van der Waals surface area (Å²) in [6, 6.07) is 9.52. The number of rotatable bonds is 5. The summed E-state index contributed by atoms with van der Waals surface area (Å²) in [6.45, 7) is 0. The molecule has 0 saturated heterocycles. The number of amides is 1. The largest absolute Gasteiger partial charge is 0.348 e. The minimum atomic E-state index is -0.0321. The predicted molar refractivity (Wildman–Crippen MR) is 88.1 cm³/mol. The highest BCUT2D eigenvalue weighted by Crippen LogP contribution is 2.42. The van der Waals surface area contributed by atoms with Crippen LogP contribution in [0.15, 0.2) is 35.7 Å². The molecule has 1 N–H and O–H groups in total. The fourth-order valence-corrected chi connectivity index (χ4v) is 3.81. The third kappa shape index (κ3) is 3.60. The van der Waals surface area contributed by atoms with Crippen LogP contribution < -0.4 is 5.32 Å². The minimum absolute atomic E-state index is 0.0321. The molecule has 1 aliphatic carbocycles. The molecule has 2 aromatic rings. The van der Waals surface area contributed by atoms with Crippen molar-refractivity contribution in [1.29, 1.82) is 0 Å². The highest BCUT2D eigenvalue weighted by Gasteiger charge is 2.34. The number of thiophene rings is 1. The number of nitrogens with one attached hydrogen (secondary N) is 1. The molecule has 110 valence electrons. The Morgan fingerprint density at radius 3 is 2.52 bits per heavy atom. The van der Waals surface area contributed by atoms with Crippen LogP contribution in [0.5, 0.6) is 0 Å². The Hall–Kier alpha value is -1.03. The van der Waals surface area contributed by atoms with E-state index in [2.05, 4.69) is 11.4 Å². The molecule has 3 rings (SSSR count). The van der Waals surface area contributed by atoms with Crippen molar-refractivity contribution in [3.05, 3.63) is 56.2 Å². The molecule has 1 aliphatic rings. The van der Waals surface area contributed by atoms with Gasteiger partial charge in [-0.05, 0) is 47.9 Å². The van der Waals surface area contributed by atoms with Gasteiger partial charge >= 0.3 is 0 Å². The van der Waals surface area contributed by atoms with Gasteiger partial charge in [0, 0.05) is 14.9 Å². The first kappa shape index (κ1) is 14.9. The molecule has 1 heterocycles. The van der Waals surface area contributed by atoms with Gasteiger partial charge < -0.3 is 5.32 Å². The van der Waals surface area contributed by atoms with E-state index in [-0.39, 0.29) is 18.4 Å². The quantitative estimate of drug-likeness (QED) is 0.827. The zero-order valence-electron chi connectivity index (χ0n) is 11.3. The zero-order valence-corrected chi connectivity index (χ0v) is 13.6. The maximum absolute atomic E-state index is 12.3. The van der Waals surface area contributed by atoms with Crippen molar-refractivity contribution in [1.82, 2.24) is 5.32 Å². The van der Waals surface area contributed by atoms with Gasteiger partial charge in [0.15, 0.2) is 0 Å². The zero-order chi connectivity index (χ0) is 14.8. The summed E-state index contributed by atoms with van der Waals surface area (Å²) in [7, 11) is 0. The summed E-state index contributed by atoms with van der Waals surface area (Å²) in [5, 5.41) is 6.26. The van der Waals surface area contributed by atoms with Gasteiger partial charge in [-0.25, -0.2) is 0 Å². The summed E-state index contributed by atoms with van der Waals surface area (Å²) in [5.74, 6) is 0.532. The van der Waals surface area contributed by atoms with Gasteiger partial charge in [0.1, 0.15) is 0 Å². The molecular weight excluding hydrogens is 325 g/mol. The standard InChI is InChI=1S/C16H15Cl2NOS/c17-12-3-1-4-13(18)11(12)9-15(20)19-16(10-6-7-10)14-5-2-8-21-14/h1-5,8,10,16H,6-7,9H2,(H,19,20)/t16-/m0/s1. The van der Waals surface area contributed by atoms with Crippen LogP contribution in [0.1, 0.15) is 29.3 Å². The third-order valence-electron chi connectivity index (χ3n) is 3.66. The average molecular weight is 340 g/mol. The second kappa shape index (κ2) is 6.39. The molecule has 5 heteroatoms. The van der Waals surface area contributed by atoms with E-state index in [9.17, 15) is 4.79 Å². The number of hydrogen-bond acceptors (Lipinski definition) is 2. The maximum Gasteiger partial charge on any atom is 0.225 e. The van der Waals surface area contributed by atoms with E-state index in [0.717, 1.165) is 0 Å². The van der Waals surface area contributed by atoms with E-state index >= 15 is 0 Å². The number of hydrogen-bond donors (Lipinski definition) is 1. The van der Waals surface area contributed by atoms with E-state index in [0.29, 0.717) is 21.5 Å². The lowest BCUT2D eigenvalue weighted by Crippen LogP contribution is -2.30. The molecule has 1 fully saturated rings. The van der Waals surface area contributed by atoms with Crippen molar-refractivity contribution < 1.29 is 4.79 Å². The molecule has 1 amide bonds. The monoisotopic (exact) mass is 339 g/mol. The molecule has 1 atom stereocenters. The van der Waals surface area contributed by atoms with Gasteiger partial charge in [0.25, 0.3) is 0 Å². The molecule has 1 saturated carbocycles. The van der Waals surface area contributed by atoms with Crippen LogP contribution in [-0.4, -0.2) is 5.91 Å². The Kier molecular flexibility index (Phi) is 4.53. The van der Waals surface area contributed by atoms with Crippen molar-refractivity contribution in [2.24, 2.45) is 5.92 Å². The Balaban J connectivity index is 1.71. The molecule has 21 heavy (non-hydrogen) atoms. The van der Waals surface area contributed by atoms with Gasteiger partial charge in [-0.15, -0.1) is 11.3 Å². The summed E-state index contributed by atoms with van der Waals surface area (Å²) in [5.41, 5.74) is 0.694. The Labute approximate surface area is 138 Å². The van der Waals surface area contributed by atoms with E-state index in [1.165, 1.54) is 17.7 Å². The second-order valence-corrected chi connectivity index (χ2v) is 7.07. The summed E-state index contributed by atoms with van der Waals surface area (Å²) in [4.78, 5) is 13.5. The van der Waals surface area contributed by atoms with Crippen LogP contribution in [0.25, 0.3) is 0 Å². The van der Waals surface area contributed by atoms with Crippen molar-refractivity contribution in [3.8, 4) is 0 Å². The highest BCUT2D eigenvalue weighted by atomic mass is 35.5. The first-order valence-electron chi connectivity index (χ1n) is 6.91. The van der Waals surface area contributed by atoms with Gasteiger partial charge in [-0.3, -0.25) is 4.79 Å². The van der Waals surface area contributed by atoms with E-state index in [1.807, 2.05) is 11.4 Å². The molecule has 0 radical (unpaired) electrons. The average Bonchev–Trinajstić information content (AvgIpc) is 3.15. The number of benzene rings is 1. The molecule has 0 bridgehead atoms. The van der Waals surface area contributed by atoms with Gasteiger partial charge in [-0.2, -0.15) is 0 Å². The normalized spacial score (nSPS) is 15.7. The number of carbonyl (C=O) groups is 1. The minimum Gasteiger partial charge on any atom is -0.348 e. The van der Waals surface area contributed by atoms with Gasteiger partial charge in [0.05, 0.1) is 12.5 Å². The predicted octanol–water partition coefficient (Wildman–Crippen LogP) is 4.86. The van der Waals surface area contributed by atoms with E-state index in [1.54, 1.807) is 29.5 Å². The second-order valence-electron chi connectivity index (χ2n) is 5.28. The Bertz CT molecular complexity index is 617. The van der Waals surface area contributed by atoms with Crippen molar-refractivity contribution in [2.75, 3.05) is 0 Å². The summed E-state index contributed by atoms with van der Waals surface area (Å²) in [6.07, 6.45) is 2.57. The molecule has 0 spiro atoms. The first-order chi connectivity index (χ1) is 10.1. The molecule has 2 nitrogen and oxygen atoms in total.